The maximum absolute atomic E-state index is 12.8. The van der Waals surface area contributed by atoms with Crippen LogP contribution < -0.4 is 5.32 Å². The van der Waals surface area contributed by atoms with E-state index in [4.69, 9.17) is 9.72 Å². The third-order valence-corrected chi connectivity index (χ3v) is 10.2. The Balaban J connectivity index is 1.00. The Hall–Kier alpha value is -2.74. The van der Waals surface area contributed by atoms with E-state index in [-0.39, 0.29) is 24.7 Å². The lowest BCUT2D eigenvalue weighted by atomic mass is 9.93. The van der Waals surface area contributed by atoms with E-state index in [9.17, 15) is 26.4 Å². The summed E-state index contributed by atoms with van der Waals surface area (Å²) in [5.74, 6) is -0.00532. The molecule has 0 spiro atoms. The highest BCUT2D eigenvalue weighted by Gasteiger charge is 2.46. The third-order valence-electron chi connectivity index (χ3n) is 7.63. The number of anilines is 1. The average molecular weight is 611 g/mol. The molecule has 222 valence electrons. The average Bonchev–Trinajstić information content (AvgIpc) is 3.34. The van der Waals surface area contributed by atoms with Gasteiger partial charge in [0.05, 0.1) is 27.8 Å². The van der Waals surface area contributed by atoms with Gasteiger partial charge in [0, 0.05) is 37.9 Å². The molecule has 1 aliphatic heterocycles. The molecule has 2 aromatic carbocycles. The summed E-state index contributed by atoms with van der Waals surface area (Å²) < 4.78 is 68.4. The molecule has 13 heteroatoms. The maximum Gasteiger partial charge on any atom is 0.501 e. The Kier molecular flexibility index (Phi) is 8.88. The number of piperazine rings is 1. The summed E-state index contributed by atoms with van der Waals surface area (Å²) in [6, 6.07) is 11.0. The minimum atomic E-state index is -5.36. The van der Waals surface area contributed by atoms with Crippen LogP contribution in [0.5, 0.6) is 0 Å². The lowest BCUT2D eigenvalue weighted by Gasteiger charge is -2.35. The number of thiazole rings is 1. The van der Waals surface area contributed by atoms with E-state index >= 15 is 0 Å². The second kappa shape index (κ2) is 12.2. The van der Waals surface area contributed by atoms with Crippen molar-refractivity contribution in [2.75, 3.05) is 38.1 Å². The zero-order valence-electron chi connectivity index (χ0n) is 22.7. The van der Waals surface area contributed by atoms with Crippen LogP contribution in [0.4, 0.5) is 18.9 Å². The topological polar surface area (TPSA) is 91.8 Å². The van der Waals surface area contributed by atoms with Gasteiger partial charge in [0.2, 0.25) is 5.91 Å². The second-order valence-electron chi connectivity index (χ2n) is 10.6. The number of hydrogen-bond donors (Lipinski definition) is 1. The van der Waals surface area contributed by atoms with Crippen LogP contribution in [0.3, 0.4) is 0 Å². The molecule has 0 bridgehead atoms. The van der Waals surface area contributed by atoms with Crippen molar-refractivity contribution in [3.8, 4) is 0 Å². The van der Waals surface area contributed by atoms with Crippen molar-refractivity contribution in [1.82, 2.24) is 14.8 Å². The van der Waals surface area contributed by atoms with Crippen LogP contribution >= 0.6 is 11.3 Å². The number of halogens is 3. The first-order chi connectivity index (χ1) is 19.5. The summed E-state index contributed by atoms with van der Waals surface area (Å²) in [6.45, 7) is 5.80. The normalized spacial score (nSPS) is 20.8. The number of fused-ring (bicyclic) bond motifs is 1. The third kappa shape index (κ3) is 7.19. The molecule has 1 aliphatic carbocycles. The van der Waals surface area contributed by atoms with Crippen LogP contribution in [0.15, 0.2) is 47.4 Å². The summed E-state index contributed by atoms with van der Waals surface area (Å²) in [5.41, 5.74) is -2.53. The van der Waals surface area contributed by atoms with Crippen LogP contribution in [-0.2, 0) is 25.9 Å². The molecule has 0 atom stereocenters. The monoisotopic (exact) mass is 610 g/mol. The molecule has 1 aromatic heterocycles. The molecule has 2 heterocycles. The number of aromatic nitrogens is 1. The van der Waals surface area contributed by atoms with Crippen LogP contribution in [0.2, 0.25) is 0 Å². The quantitative estimate of drug-likeness (QED) is 0.385. The maximum atomic E-state index is 12.8. The van der Waals surface area contributed by atoms with Crippen LogP contribution in [0, 0.1) is 6.92 Å². The van der Waals surface area contributed by atoms with Gasteiger partial charge in [-0.2, -0.15) is 13.2 Å². The molecule has 1 saturated carbocycles. The van der Waals surface area contributed by atoms with Crippen molar-refractivity contribution < 1.29 is 31.1 Å². The van der Waals surface area contributed by atoms with E-state index in [1.807, 2.05) is 4.90 Å². The number of carbonyl (C=O) groups is 1. The van der Waals surface area contributed by atoms with Gasteiger partial charge in [-0.05, 0) is 74.6 Å². The highest BCUT2D eigenvalue weighted by atomic mass is 32.2. The van der Waals surface area contributed by atoms with Gasteiger partial charge >= 0.3 is 5.51 Å². The summed E-state index contributed by atoms with van der Waals surface area (Å²) in [4.78, 5) is 20.9. The molecule has 1 amide bonds. The zero-order chi connectivity index (χ0) is 29.2. The van der Waals surface area contributed by atoms with E-state index in [0.29, 0.717) is 18.8 Å². The lowest BCUT2D eigenvalue weighted by molar-refractivity contribution is -0.140. The number of aryl methyl sites for hydroxylation is 1. The predicted molar refractivity (Wildman–Crippen MR) is 152 cm³/mol. The van der Waals surface area contributed by atoms with Crippen LogP contribution in [-0.4, -0.2) is 79.5 Å². The van der Waals surface area contributed by atoms with Crippen molar-refractivity contribution in [3.63, 3.8) is 0 Å². The van der Waals surface area contributed by atoms with Gasteiger partial charge in [0.15, 0.2) is 0 Å². The molecule has 41 heavy (non-hydrogen) atoms. The minimum absolute atomic E-state index is 0.00532. The lowest BCUT2D eigenvalue weighted by Crippen LogP contribution is -2.49. The van der Waals surface area contributed by atoms with E-state index in [2.05, 4.69) is 35.3 Å². The van der Waals surface area contributed by atoms with Gasteiger partial charge in [0.1, 0.15) is 11.6 Å². The Bertz CT molecular complexity index is 1460. The van der Waals surface area contributed by atoms with Crippen molar-refractivity contribution in [1.29, 1.82) is 0 Å². The number of nitrogens with one attached hydrogen (secondary N) is 1. The number of sulfone groups is 1. The highest BCUT2D eigenvalue weighted by molar-refractivity contribution is 7.92. The van der Waals surface area contributed by atoms with E-state index < -0.39 is 20.2 Å². The summed E-state index contributed by atoms with van der Waals surface area (Å²) in [7, 11) is -5.36. The van der Waals surface area contributed by atoms with E-state index in [1.54, 1.807) is 11.3 Å². The van der Waals surface area contributed by atoms with Crippen LogP contribution in [0.25, 0.3) is 10.2 Å². The largest absolute Gasteiger partial charge is 0.501 e. The Labute approximate surface area is 241 Å². The van der Waals surface area contributed by atoms with Gasteiger partial charge in [0.25, 0.3) is 9.84 Å². The number of ether oxygens (including phenoxy) is 1. The van der Waals surface area contributed by atoms with Crippen molar-refractivity contribution >= 4 is 43.0 Å². The molecule has 2 aliphatic rings. The van der Waals surface area contributed by atoms with E-state index in [0.717, 1.165) is 68.0 Å². The number of hydrogen-bond acceptors (Lipinski definition) is 8. The zero-order valence-corrected chi connectivity index (χ0v) is 24.3. The molecule has 1 N–H and O–H groups in total. The predicted octanol–water partition coefficient (Wildman–Crippen LogP) is 4.98. The molecule has 2 fully saturated rings. The molecule has 5 rings (SSSR count). The fraction of sp³-hybridized carbons (Fsp3) is 0.500. The van der Waals surface area contributed by atoms with Crippen molar-refractivity contribution in [2.24, 2.45) is 0 Å². The standard InChI is InChI=1S/C28H33F3N4O4S2/c1-19-2-11-25-24(16-19)33-26(40-25)17-34-12-14-35(15-13-34)27(36)18-39-22-7-3-20(4-8-22)32-21-5-9-23(10-6-21)41(37,38)28(29,30)31/h2,5-6,9-11,16,20,22,32H,3-4,7-8,12-15,17-18H2,1H3. The Morgan fingerprint density at radius 3 is 2.39 bits per heavy atom. The number of carbonyl (C=O) groups excluding carboxylic acids is 1. The summed E-state index contributed by atoms with van der Waals surface area (Å²) >= 11 is 1.72. The molecular weight excluding hydrogens is 577 g/mol. The molecule has 0 unspecified atom stereocenters. The fourth-order valence-electron chi connectivity index (χ4n) is 5.25. The SMILES string of the molecule is Cc1ccc2sc(CN3CCN(C(=O)COC4CCC(Nc5ccc(S(=O)(=O)C(F)(F)F)cc5)CC4)CC3)nc2c1. The highest BCUT2D eigenvalue weighted by Crippen LogP contribution is 2.31. The summed E-state index contributed by atoms with van der Waals surface area (Å²) in [5, 5.41) is 4.34. The molecular formula is C28H33F3N4O4S2. The first-order valence-electron chi connectivity index (χ1n) is 13.6. The molecule has 1 saturated heterocycles. The van der Waals surface area contributed by atoms with Crippen molar-refractivity contribution in [3.05, 3.63) is 53.0 Å². The van der Waals surface area contributed by atoms with E-state index in [1.165, 1.54) is 22.4 Å². The summed E-state index contributed by atoms with van der Waals surface area (Å²) in [6.07, 6.45) is 3.01. The Morgan fingerprint density at radius 1 is 1.05 bits per heavy atom. The van der Waals surface area contributed by atoms with Crippen LogP contribution in [0.1, 0.15) is 36.3 Å². The van der Waals surface area contributed by atoms with Gasteiger partial charge in [-0.15, -0.1) is 11.3 Å². The first kappa shape index (κ1) is 29.7. The van der Waals surface area contributed by atoms with Gasteiger partial charge < -0.3 is 15.0 Å². The van der Waals surface area contributed by atoms with Gasteiger partial charge in [-0.3, -0.25) is 9.69 Å². The number of nitrogens with zero attached hydrogens (tertiary/aromatic N) is 3. The number of benzene rings is 2. The van der Waals surface area contributed by atoms with Gasteiger partial charge in [-0.1, -0.05) is 6.07 Å². The number of alkyl halides is 3. The van der Waals surface area contributed by atoms with Gasteiger partial charge in [-0.25, -0.2) is 13.4 Å². The Morgan fingerprint density at radius 2 is 1.73 bits per heavy atom. The smallest absolute Gasteiger partial charge is 0.382 e. The molecule has 0 radical (unpaired) electrons. The number of rotatable bonds is 8. The second-order valence-corrected chi connectivity index (χ2v) is 13.7. The first-order valence-corrected chi connectivity index (χ1v) is 15.9. The fourth-order valence-corrected chi connectivity index (χ4v) is 7.01. The molecule has 3 aromatic rings. The molecule has 8 nitrogen and oxygen atoms in total. The number of amides is 1. The minimum Gasteiger partial charge on any atom is -0.382 e. The van der Waals surface area contributed by atoms with Crippen molar-refractivity contribution in [2.45, 2.75) is 61.7 Å².